The van der Waals surface area contributed by atoms with Gasteiger partial charge in [-0.25, -0.2) is 0 Å². The molecule has 6 nitrogen and oxygen atoms in total. The largest absolute Gasteiger partial charge is 0.466 e. The van der Waals surface area contributed by atoms with Gasteiger partial charge < -0.3 is 10.5 Å². The molecule has 0 fully saturated rings. The molecule has 1 aromatic carbocycles. The van der Waals surface area contributed by atoms with Gasteiger partial charge in [0.1, 0.15) is 5.02 Å². The van der Waals surface area contributed by atoms with Crippen molar-refractivity contribution in [3.63, 3.8) is 0 Å². The minimum atomic E-state index is -0.653. The maximum Gasteiger partial charge on any atom is 0.307 e. The number of ether oxygens (including phenoxy) is 1. The van der Waals surface area contributed by atoms with E-state index in [1.54, 1.807) is 13.0 Å². The third kappa shape index (κ3) is 5.02. The van der Waals surface area contributed by atoms with Gasteiger partial charge in [0.2, 0.25) is 0 Å². The van der Waals surface area contributed by atoms with Crippen LogP contribution in [0.3, 0.4) is 0 Å². The second kappa shape index (κ2) is 7.93. The van der Waals surface area contributed by atoms with E-state index < -0.39 is 16.9 Å². The lowest BCUT2D eigenvalue weighted by atomic mass is 10.0. The van der Waals surface area contributed by atoms with E-state index in [0.717, 1.165) is 0 Å². The van der Waals surface area contributed by atoms with Crippen molar-refractivity contribution in [1.82, 2.24) is 0 Å². The average molecular weight is 309 g/mol. The highest BCUT2D eigenvalue weighted by Gasteiger charge is 2.18. The first-order chi connectivity index (χ1) is 8.45. The van der Waals surface area contributed by atoms with Gasteiger partial charge in [-0.1, -0.05) is 17.7 Å². The average Bonchev–Trinajstić information content (AvgIpc) is 2.29. The van der Waals surface area contributed by atoms with Crippen LogP contribution in [0, 0.1) is 10.1 Å². The molecule has 1 rings (SSSR count). The van der Waals surface area contributed by atoms with Gasteiger partial charge in [-0.3, -0.25) is 14.9 Å². The van der Waals surface area contributed by atoms with Crippen molar-refractivity contribution in [1.29, 1.82) is 0 Å². The fraction of sp³-hybridized carbons (Fsp3) is 0.364. The number of hydrogen-bond acceptors (Lipinski definition) is 5. The van der Waals surface area contributed by atoms with E-state index in [4.69, 9.17) is 22.1 Å². The smallest absolute Gasteiger partial charge is 0.307 e. The second-order valence-corrected chi connectivity index (χ2v) is 3.99. The number of nitrogens with two attached hydrogens (primary N) is 1. The molecule has 0 amide bonds. The Kier molecular flexibility index (Phi) is 7.36. The summed E-state index contributed by atoms with van der Waals surface area (Å²) >= 11 is 5.68. The topological polar surface area (TPSA) is 95.5 Å². The van der Waals surface area contributed by atoms with Gasteiger partial charge in [0.15, 0.2) is 0 Å². The highest BCUT2D eigenvalue weighted by molar-refractivity contribution is 6.32. The zero-order valence-corrected chi connectivity index (χ0v) is 11.7. The number of halogens is 2. The second-order valence-electron chi connectivity index (χ2n) is 3.58. The Morgan fingerprint density at radius 1 is 1.58 bits per heavy atom. The van der Waals surface area contributed by atoms with Crippen molar-refractivity contribution in [2.24, 2.45) is 5.73 Å². The maximum atomic E-state index is 11.3. The van der Waals surface area contributed by atoms with E-state index in [0.29, 0.717) is 5.56 Å². The van der Waals surface area contributed by atoms with Crippen LogP contribution in [0.25, 0.3) is 0 Å². The highest BCUT2D eigenvalue weighted by Crippen LogP contribution is 2.28. The molecular formula is C11H14Cl2N2O4. The molecule has 1 atom stereocenters. The summed E-state index contributed by atoms with van der Waals surface area (Å²) in [4.78, 5) is 21.4. The lowest BCUT2D eigenvalue weighted by Crippen LogP contribution is -2.17. The monoisotopic (exact) mass is 308 g/mol. The summed E-state index contributed by atoms with van der Waals surface area (Å²) in [7, 11) is 0. The number of benzene rings is 1. The van der Waals surface area contributed by atoms with E-state index in [1.807, 2.05) is 0 Å². The normalized spacial score (nSPS) is 11.3. The van der Waals surface area contributed by atoms with E-state index in [-0.39, 0.29) is 36.1 Å². The van der Waals surface area contributed by atoms with Crippen molar-refractivity contribution in [3.05, 3.63) is 38.9 Å². The fourth-order valence-corrected chi connectivity index (χ4v) is 1.60. The van der Waals surface area contributed by atoms with Gasteiger partial charge in [0.05, 0.1) is 18.0 Å². The van der Waals surface area contributed by atoms with Crippen LogP contribution in [0.5, 0.6) is 0 Å². The Balaban J connectivity index is 0.00000324. The summed E-state index contributed by atoms with van der Waals surface area (Å²) in [5, 5.41) is 10.7. The van der Waals surface area contributed by atoms with Gasteiger partial charge in [0, 0.05) is 12.1 Å². The van der Waals surface area contributed by atoms with Crippen molar-refractivity contribution < 1.29 is 14.5 Å². The molecule has 0 aromatic heterocycles. The van der Waals surface area contributed by atoms with E-state index in [1.165, 1.54) is 12.1 Å². The molecule has 2 N–H and O–H groups in total. The third-order valence-electron chi connectivity index (χ3n) is 2.29. The lowest BCUT2D eigenvalue weighted by Gasteiger charge is -2.11. The van der Waals surface area contributed by atoms with Gasteiger partial charge in [-0.05, 0) is 18.6 Å². The zero-order valence-electron chi connectivity index (χ0n) is 10.2. The molecule has 0 unspecified atom stereocenters. The number of nitrogens with zero attached hydrogens (tertiary/aromatic N) is 1. The number of rotatable bonds is 5. The molecule has 106 valence electrons. The zero-order chi connectivity index (χ0) is 13.7. The van der Waals surface area contributed by atoms with E-state index >= 15 is 0 Å². The fourth-order valence-electron chi connectivity index (χ4n) is 1.42. The van der Waals surface area contributed by atoms with Crippen molar-refractivity contribution in [3.8, 4) is 0 Å². The van der Waals surface area contributed by atoms with Crippen molar-refractivity contribution in [2.45, 2.75) is 19.4 Å². The SMILES string of the molecule is CCOC(=O)C[C@H](N)c1ccc(Cl)c([N+](=O)[O-])c1.Cl. The van der Waals surface area contributed by atoms with Gasteiger partial charge in [-0.15, -0.1) is 12.4 Å². The van der Waals surface area contributed by atoms with Gasteiger partial charge in [-0.2, -0.15) is 0 Å². The molecule has 1 aromatic rings. The maximum absolute atomic E-state index is 11.3. The third-order valence-corrected chi connectivity index (χ3v) is 2.61. The molecule has 0 aliphatic heterocycles. The Morgan fingerprint density at radius 2 is 2.21 bits per heavy atom. The van der Waals surface area contributed by atoms with E-state index in [9.17, 15) is 14.9 Å². The van der Waals surface area contributed by atoms with Crippen molar-refractivity contribution >= 4 is 35.7 Å². The van der Waals surface area contributed by atoms with Crippen LogP contribution in [0.2, 0.25) is 5.02 Å². The number of carbonyl (C=O) groups excluding carboxylic acids is 1. The molecule has 0 spiro atoms. The summed E-state index contributed by atoms with van der Waals surface area (Å²) in [6, 6.07) is 3.56. The molecule has 0 heterocycles. The first kappa shape index (κ1) is 17.6. The molecule has 0 saturated heterocycles. The summed E-state index contributed by atoms with van der Waals surface area (Å²) < 4.78 is 4.76. The molecular weight excluding hydrogens is 295 g/mol. The predicted molar refractivity (Wildman–Crippen MR) is 73.5 cm³/mol. The Bertz CT molecular complexity index is 468. The standard InChI is InChI=1S/C11H13ClN2O4.ClH/c1-2-18-11(15)6-9(13)7-3-4-8(12)10(5-7)14(16)17;/h3-5,9H,2,6,13H2,1H3;1H/t9-;/m0./s1. The Labute approximate surface area is 121 Å². The first-order valence-electron chi connectivity index (χ1n) is 5.30. The summed E-state index contributed by atoms with van der Waals surface area (Å²) in [6.45, 7) is 1.96. The Morgan fingerprint density at radius 3 is 2.74 bits per heavy atom. The molecule has 0 aliphatic carbocycles. The predicted octanol–water partition coefficient (Wildman–Crippen LogP) is 2.62. The van der Waals surface area contributed by atoms with Crippen LogP contribution in [0.4, 0.5) is 5.69 Å². The number of hydrogen-bond donors (Lipinski definition) is 1. The lowest BCUT2D eigenvalue weighted by molar-refractivity contribution is -0.384. The summed E-state index contributed by atoms with van der Waals surface area (Å²) in [5.74, 6) is -0.442. The molecule has 8 heteroatoms. The molecule has 0 radical (unpaired) electrons. The molecule has 0 saturated carbocycles. The quantitative estimate of drug-likeness (QED) is 0.512. The van der Waals surface area contributed by atoms with Crippen LogP contribution in [0.15, 0.2) is 18.2 Å². The van der Waals surface area contributed by atoms with Crippen LogP contribution in [-0.2, 0) is 9.53 Å². The molecule has 19 heavy (non-hydrogen) atoms. The Hall–Kier alpha value is -1.37. The van der Waals surface area contributed by atoms with Crippen LogP contribution in [-0.4, -0.2) is 17.5 Å². The highest BCUT2D eigenvalue weighted by atomic mass is 35.5. The number of esters is 1. The number of nitro groups is 1. The molecule has 0 aliphatic rings. The van der Waals surface area contributed by atoms with Gasteiger partial charge >= 0.3 is 5.97 Å². The number of carbonyl (C=O) groups is 1. The number of nitro benzene ring substituents is 1. The minimum Gasteiger partial charge on any atom is -0.466 e. The summed E-state index contributed by atoms with van der Waals surface area (Å²) in [6.07, 6.45) is -0.0351. The van der Waals surface area contributed by atoms with E-state index in [2.05, 4.69) is 0 Å². The first-order valence-corrected chi connectivity index (χ1v) is 5.68. The van der Waals surface area contributed by atoms with Crippen LogP contribution >= 0.6 is 24.0 Å². The minimum absolute atomic E-state index is 0. The summed E-state index contributed by atoms with van der Waals surface area (Å²) in [5.41, 5.74) is 6.02. The van der Waals surface area contributed by atoms with Gasteiger partial charge in [0.25, 0.3) is 5.69 Å². The van der Waals surface area contributed by atoms with Crippen LogP contribution in [0.1, 0.15) is 24.9 Å². The van der Waals surface area contributed by atoms with Crippen molar-refractivity contribution in [2.75, 3.05) is 6.61 Å². The van der Waals surface area contributed by atoms with Crippen LogP contribution < -0.4 is 5.73 Å². The molecule has 0 bridgehead atoms.